The number of nitrogens with two attached hydrogens (primary N) is 1. The van der Waals surface area contributed by atoms with Gasteiger partial charge in [0, 0.05) is 125 Å². The Balaban J connectivity index is 0.00000800. The van der Waals surface area contributed by atoms with Crippen LogP contribution in [0, 0.1) is 39.9 Å². The van der Waals surface area contributed by atoms with Crippen LogP contribution in [0.25, 0.3) is 0 Å². The minimum absolute atomic E-state index is 0. The molecule has 17 heteroatoms. The van der Waals surface area contributed by atoms with Gasteiger partial charge in [-0.15, -0.1) is 0 Å². The molecule has 16 nitrogen and oxygen atoms in total. The third-order valence-corrected chi connectivity index (χ3v) is 6.97. The van der Waals surface area contributed by atoms with Gasteiger partial charge in [0.1, 0.15) is 6.04 Å². The molecule has 1 unspecified atom stereocenters. The third kappa shape index (κ3) is 13.9. The summed E-state index contributed by atoms with van der Waals surface area (Å²) in [5.41, 5.74) is 0. The van der Waals surface area contributed by atoms with E-state index in [1.807, 2.05) is 0 Å². The largest absolute Gasteiger partial charge is 0.480 e. The zero-order chi connectivity index (χ0) is 28.9. The van der Waals surface area contributed by atoms with Crippen LogP contribution in [-0.4, -0.2) is 184 Å². The monoisotopic (exact) mass is 717 g/mol. The first-order valence-electron chi connectivity index (χ1n) is 13.0. The molecule has 1 amide bonds. The summed E-state index contributed by atoms with van der Waals surface area (Å²) >= 11 is 0. The van der Waals surface area contributed by atoms with E-state index >= 15 is 0 Å². The minimum atomic E-state index is -1.12. The number of hydrogen-bond donors (Lipinski definition) is 5. The molecule has 230 valence electrons. The van der Waals surface area contributed by atoms with Crippen LogP contribution in [0.4, 0.5) is 0 Å². The Morgan fingerprint density at radius 3 is 1.32 bits per heavy atom. The van der Waals surface area contributed by atoms with E-state index in [9.17, 15) is 44.4 Å². The molecule has 2 fully saturated rings. The van der Waals surface area contributed by atoms with Crippen LogP contribution in [-0.2, 0) is 24.0 Å². The van der Waals surface area contributed by atoms with Crippen molar-refractivity contribution in [3.8, 4) is 0 Å². The minimum Gasteiger partial charge on any atom is -0.480 e. The maximum atomic E-state index is 12.7. The van der Waals surface area contributed by atoms with Crippen molar-refractivity contribution in [1.29, 1.82) is 0 Å². The summed E-state index contributed by atoms with van der Waals surface area (Å²) in [5, 5.41) is 39.6. The molecule has 0 bridgehead atoms. The van der Waals surface area contributed by atoms with Crippen LogP contribution in [0.3, 0.4) is 0 Å². The predicted octanol–water partition coefficient (Wildman–Crippen LogP) is -3.29. The van der Waals surface area contributed by atoms with Gasteiger partial charge in [0.25, 0.3) is 0 Å². The van der Waals surface area contributed by atoms with Crippen molar-refractivity contribution < 1.29 is 84.3 Å². The van der Waals surface area contributed by atoms with E-state index in [1.54, 1.807) is 29.5 Å². The normalized spacial score (nSPS) is 20.5. The number of hydrogen-bond acceptors (Lipinski definition) is 11. The summed E-state index contributed by atoms with van der Waals surface area (Å²) in [6.07, 6.45) is 0.0567. The number of carbonyl (C=O) groups is 5. The molecule has 0 aromatic carbocycles. The van der Waals surface area contributed by atoms with Crippen LogP contribution >= 0.6 is 0 Å². The van der Waals surface area contributed by atoms with Gasteiger partial charge < -0.3 is 25.3 Å². The number of carbonyl (C=O) groups excluding carboxylic acids is 1. The molecule has 0 saturated carbocycles. The molecule has 2 heterocycles. The Hall–Kier alpha value is -1.57. The Bertz CT molecular complexity index is 829. The molecule has 0 aromatic heterocycles. The Morgan fingerprint density at radius 1 is 0.600 bits per heavy atom. The number of nitrogens with zero attached hydrogens (tertiary/aromatic N) is 6. The molecule has 2 aliphatic heterocycles. The summed E-state index contributed by atoms with van der Waals surface area (Å²) in [4.78, 5) is 67.4. The number of carboxylic acid groups (broad SMARTS) is 4. The molecule has 0 radical (unpaired) electrons. The molecule has 0 aromatic rings. The van der Waals surface area contributed by atoms with Crippen LogP contribution in [0.5, 0.6) is 0 Å². The van der Waals surface area contributed by atoms with E-state index in [-0.39, 0.29) is 131 Å². The molecule has 0 spiro atoms. The number of piperazine rings is 1. The summed E-state index contributed by atoms with van der Waals surface area (Å²) in [5.74, 6) is 1.27. The molecule has 2 saturated heterocycles. The topological polar surface area (TPSA) is 212 Å². The van der Waals surface area contributed by atoms with Crippen molar-refractivity contribution in [2.24, 2.45) is 5.84 Å². The zero-order valence-electron chi connectivity index (χ0n) is 22.5. The van der Waals surface area contributed by atoms with Gasteiger partial charge >= 0.3 is 23.9 Å². The van der Waals surface area contributed by atoms with E-state index < -0.39 is 29.9 Å². The fourth-order valence-electron chi connectivity index (χ4n) is 4.76. The number of hydrazine groups is 1. The van der Waals surface area contributed by atoms with Gasteiger partial charge in [-0.3, -0.25) is 49.4 Å². The molecule has 2 rings (SSSR count). The Morgan fingerprint density at radius 2 is 0.975 bits per heavy atom. The van der Waals surface area contributed by atoms with Gasteiger partial charge in [-0.1, -0.05) is 0 Å². The maximum Gasteiger partial charge on any atom is 0.320 e. The van der Waals surface area contributed by atoms with E-state index in [1.165, 1.54) is 0 Å². The summed E-state index contributed by atoms with van der Waals surface area (Å²) in [7, 11) is 0. The Labute approximate surface area is 265 Å². The zero-order valence-corrected chi connectivity index (χ0v) is 24.8. The number of amides is 1. The second kappa shape index (κ2) is 18.8. The van der Waals surface area contributed by atoms with Gasteiger partial charge in [0.15, 0.2) is 0 Å². The van der Waals surface area contributed by atoms with E-state index in [0.29, 0.717) is 26.2 Å². The maximum absolute atomic E-state index is 12.7. The third-order valence-electron chi connectivity index (χ3n) is 6.97. The van der Waals surface area contributed by atoms with E-state index in [4.69, 9.17) is 5.84 Å². The van der Waals surface area contributed by atoms with Gasteiger partial charge in [0.05, 0.1) is 19.6 Å². The van der Waals surface area contributed by atoms with Crippen molar-refractivity contribution >= 4 is 29.8 Å². The Kier molecular flexibility index (Phi) is 17.1. The smallest absolute Gasteiger partial charge is 0.320 e. The van der Waals surface area contributed by atoms with E-state index in [2.05, 4.69) is 0 Å². The van der Waals surface area contributed by atoms with E-state index in [0.717, 1.165) is 0 Å². The standard InChI is InChI=1S/C23H41N7O9.Gd/c24-30-13-11-29(12-14-30)19(31)2-1-18(23(38)39)28-9-7-26(16-21(34)35)5-3-25(15-20(32)33)4-6-27(8-10-28)17-22(36)37;/h18H,1-17,24H2,(H,32,33)(H,34,35)(H,36,37)(H,38,39);. The molecule has 1 atom stereocenters. The first-order valence-corrected chi connectivity index (χ1v) is 13.0. The van der Waals surface area contributed by atoms with Crippen LogP contribution in [0.15, 0.2) is 0 Å². The fourth-order valence-corrected chi connectivity index (χ4v) is 4.76. The second-order valence-electron chi connectivity index (χ2n) is 9.86. The van der Waals surface area contributed by atoms with Gasteiger partial charge in [-0.25, -0.2) is 5.01 Å². The van der Waals surface area contributed by atoms with Crippen molar-refractivity contribution in [3.05, 3.63) is 0 Å². The molecule has 6 N–H and O–H groups in total. The molecular weight excluding hydrogens is 676 g/mol. The van der Waals surface area contributed by atoms with Crippen molar-refractivity contribution in [2.45, 2.75) is 18.9 Å². The van der Waals surface area contributed by atoms with Gasteiger partial charge in [-0.05, 0) is 6.42 Å². The number of aliphatic carboxylic acids is 4. The fraction of sp³-hybridized carbons (Fsp3) is 0.783. The van der Waals surface area contributed by atoms with Crippen LogP contribution in [0.2, 0.25) is 0 Å². The summed E-state index contributed by atoms with van der Waals surface area (Å²) in [6, 6.07) is -1.03. The first-order chi connectivity index (χ1) is 18.4. The molecule has 0 aliphatic carbocycles. The second-order valence-corrected chi connectivity index (χ2v) is 9.86. The summed E-state index contributed by atoms with van der Waals surface area (Å²) in [6.45, 7) is 2.79. The first kappa shape index (κ1) is 36.5. The SMILES string of the molecule is NN1CCN(C(=O)CCC(C(=O)O)N2CCN(CC(=O)O)CCN(CC(=O)O)CCN(CC(=O)O)CC2)CC1.[Gd]. The average Bonchev–Trinajstić information content (AvgIpc) is 2.84. The number of carboxylic acids is 4. The molecule has 40 heavy (non-hydrogen) atoms. The van der Waals surface area contributed by atoms with Crippen LogP contribution in [0.1, 0.15) is 12.8 Å². The van der Waals surface area contributed by atoms with Crippen LogP contribution < -0.4 is 5.84 Å². The van der Waals surface area contributed by atoms with Crippen molar-refractivity contribution in [1.82, 2.24) is 29.5 Å². The van der Waals surface area contributed by atoms with Crippen molar-refractivity contribution in [2.75, 3.05) is 98.2 Å². The summed E-state index contributed by atoms with van der Waals surface area (Å²) < 4.78 is 0. The van der Waals surface area contributed by atoms with Gasteiger partial charge in [0.2, 0.25) is 5.91 Å². The van der Waals surface area contributed by atoms with Gasteiger partial charge in [-0.2, -0.15) is 0 Å². The predicted molar refractivity (Wildman–Crippen MR) is 137 cm³/mol. The van der Waals surface area contributed by atoms with Crippen molar-refractivity contribution in [3.63, 3.8) is 0 Å². The molecule has 2 aliphatic rings. The quantitative estimate of drug-likeness (QED) is 0.133. The number of rotatable bonds is 11. The molecular formula is C23H41GdN7O9. The average molecular weight is 717 g/mol.